The SMILES string of the molecule is CCCCCCCCCCCCCCCCCCCCC(=O)OC[C@H](COP(=O)(O)OC[C@@H](O)COP(=O)(O)OC[C@@H](COC(=O)CCCCCCCCCC(C)C)OC(=O)CCCCCCCCCCCCCC)OC(=O)CCCCCCCCCCCCCCCCCC(C)C. The lowest BCUT2D eigenvalue weighted by molar-refractivity contribution is -0.161. The summed E-state index contributed by atoms with van der Waals surface area (Å²) in [6, 6.07) is 0. The van der Waals surface area contributed by atoms with Crippen molar-refractivity contribution in [1.82, 2.24) is 0 Å². The maximum Gasteiger partial charge on any atom is 0.472 e. The van der Waals surface area contributed by atoms with Gasteiger partial charge in [0.15, 0.2) is 12.2 Å². The smallest absolute Gasteiger partial charge is 0.462 e. The fourth-order valence-electron chi connectivity index (χ4n) is 12.2. The number of unbranched alkanes of at least 4 members (excludes halogenated alkanes) is 48. The zero-order valence-electron chi connectivity index (χ0n) is 64.1. The maximum absolute atomic E-state index is 13.1. The number of rotatable bonds is 78. The number of phosphoric acid groups is 2. The second-order valence-electron chi connectivity index (χ2n) is 29.4. The van der Waals surface area contributed by atoms with Crippen molar-refractivity contribution in [2.75, 3.05) is 39.6 Å². The molecule has 0 saturated carbocycles. The van der Waals surface area contributed by atoms with Crippen LogP contribution < -0.4 is 0 Å². The molecule has 0 fully saturated rings. The van der Waals surface area contributed by atoms with Crippen molar-refractivity contribution in [2.45, 2.75) is 432 Å². The van der Waals surface area contributed by atoms with Crippen LogP contribution in [-0.4, -0.2) is 96.7 Å². The van der Waals surface area contributed by atoms with E-state index in [1.54, 1.807) is 0 Å². The molecule has 0 bridgehead atoms. The number of esters is 4. The van der Waals surface area contributed by atoms with E-state index in [0.717, 1.165) is 102 Å². The van der Waals surface area contributed by atoms with Crippen molar-refractivity contribution in [3.63, 3.8) is 0 Å². The van der Waals surface area contributed by atoms with Crippen molar-refractivity contribution in [1.29, 1.82) is 0 Å². The third-order valence-electron chi connectivity index (χ3n) is 18.5. The Balaban J connectivity index is 5.23. The molecular weight excluding hydrogens is 1280 g/mol. The Bertz CT molecular complexity index is 1890. The van der Waals surface area contributed by atoms with Crippen LogP contribution in [0.5, 0.6) is 0 Å². The quantitative estimate of drug-likeness (QED) is 0.0222. The highest BCUT2D eigenvalue weighted by Gasteiger charge is 2.30. The number of aliphatic hydroxyl groups excluding tert-OH is 1. The molecule has 0 aromatic carbocycles. The highest BCUT2D eigenvalue weighted by Crippen LogP contribution is 2.45. The van der Waals surface area contributed by atoms with Crippen LogP contribution in [0, 0.1) is 11.8 Å². The fourth-order valence-corrected chi connectivity index (χ4v) is 13.8. The Hall–Kier alpha value is -1.94. The highest BCUT2D eigenvalue weighted by molar-refractivity contribution is 7.47. The molecule has 0 saturated heterocycles. The maximum atomic E-state index is 13.1. The van der Waals surface area contributed by atoms with E-state index in [2.05, 4.69) is 41.5 Å². The molecule has 5 atom stereocenters. The molecule has 0 aliphatic heterocycles. The van der Waals surface area contributed by atoms with Gasteiger partial charge in [-0.2, -0.15) is 0 Å². The molecule has 0 aliphatic carbocycles. The number of hydrogen-bond donors (Lipinski definition) is 3. The van der Waals surface area contributed by atoms with E-state index < -0.39 is 97.5 Å². The second-order valence-corrected chi connectivity index (χ2v) is 32.3. The van der Waals surface area contributed by atoms with E-state index in [4.69, 9.17) is 37.0 Å². The van der Waals surface area contributed by atoms with Gasteiger partial charge in [-0.05, 0) is 37.5 Å². The van der Waals surface area contributed by atoms with Crippen molar-refractivity contribution >= 4 is 39.5 Å². The number of carbonyl (C=O) groups is 4. The molecule has 0 aromatic heterocycles. The number of aliphatic hydroxyl groups is 1. The average molecular weight is 1440 g/mol. The molecule has 0 amide bonds. The van der Waals surface area contributed by atoms with E-state index in [-0.39, 0.29) is 25.7 Å². The van der Waals surface area contributed by atoms with Crippen molar-refractivity contribution < 1.29 is 80.2 Å². The zero-order valence-corrected chi connectivity index (χ0v) is 65.9. The second kappa shape index (κ2) is 70.7. The normalized spacial score (nSPS) is 13.9. The van der Waals surface area contributed by atoms with Gasteiger partial charge in [0, 0.05) is 25.7 Å². The number of carbonyl (C=O) groups excluding carboxylic acids is 4. The number of ether oxygens (including phenoxy) is 4. The van der Waals surface area contributed by atoms with E-state index in [0.29, 0.717) is 31.6 Å². The first-order chi connectivity index (χ1) is 47.4. The van der Waals surface area contributed by atoms with Crippen molar-refractivity contribution in [2.24, 2.45) is 11.8 Å². The Kier molecular flexibility index (Phi) is 69.3. The minimum Gasteiger partial charge on any atom is -0.462 e. The summed E-state index contributed by atoms with van der Waals surface area (Å²) in [6.07, 6.45) is 59.7. The lowest BCUT2D eigenvalue weighted by atomic mass is 10.0. The summed E-state index contributed by atoms with van der Waals surface area (Å²) in [6.45, 7) is 9.59. The zero-order chi connectivity index (χ0) is 72.1. The molecule has 17 nitrogen and oxygen atoms in total. The van der Waals surface area contributed by atoms with Crippen LogP contribution in [0.15, 0.2) is 0 Å². The van der Waals surface area contributed by atoms with Crippen LogP contribution in [0.25, 0.3) is 0 Å². The van der Waals surface area contributed by atoms with E-state index >= 15 is 0 Å². The third kappa shape index (κ3) is 72.4. The topological polar surface area (TPSA) is 237 Å². The van der Waals surface area contributed by atoms with E-state index in [1.807, 2.05) is 0 Å². The predicted octanol–water partition coefficient (Wildman–Crippen LogP) is 23.5. The van der Waals surface area contributed by atoms with Crippen LogP contribution >= 0.6 is 15.6 Å². The molecule has 19 heteroatoms. The molecule has 582 valence electrons. The summed E-state index contributed by atoms with van der Waals surface area (Å²) < 4.78 is 68.6. The van der Waals surface area contributed by atoms with Crippen LogP contribution in [-0.2, 0) is 65.4 Å². The van der Waals surface area contributed by atoms with Crippen LogP contribution in [0.2, 0.25) is 0 Å². The summed E-state index contributed by atoms with van der Waals surface area (Å²) >= 11 is 0. The van der Waals surface area contributed by atoms with Gasteiger partial charge in [0.25, 0.3) is 0 Å². The van der Waals surface area contributed by atoms with Gasteiger partial charge in [0.1, 0.15) is 19.3 Å². The first-order valence-corrected chi connectivity index (χ1v) is 44.0. The summed E-state index contributed by atoms with van der Waals surface area (Å²) in [4.78, 5) is 72.9. The largest absolute Gasteiger partial charge is 0.472 e. The van der Waals surface area contributed by atoms with Gasteiger partial charge in [-0.15, -0.1) is 0 Å². The Morgan fingerprint density at radius 1 is 0.276 bits per heavy atom. The highest BCUT2D eigenvalue weighted by atomic mass is 31.2. The summed E-state index contributed by atoms with van der Waals surface area (Å²) in [5, 5.41) is 10.6. The fraction of sp³-hybridized carbons (Fsp3) is 0.949. The predicted molar refractivity (Wildman–Crippen MR) is 400 cm³/mol. The first kappa shape index (κ1) is 96.1. The van der Waals surface area contributed by atoms with Gasteiger partial charge < -0.3 is 33.8 Å². The van der Waals surface area contributed by atoms with Gasteiger partial charge in [0.05, 0.1) is 26.4 Å². The molecule has 0 aliphatic rings. The van der Waals surface area contributed by atoms with Crippen molar-refractivity contribution in [3.05, 3.63) is 0 Å². The number of phosphoric ester groups is 2. The third-order valence-corrected chi connectivity index (χ3v) is 20.4. The summed E-state index contributed by atoms with van der Waals surface area (Å²) in [5.74, 6) is -0.603. The molecule has 0 rings (SSSR count). The standard InChI is InChI=1S/C79H154O17P2/c1-7-9-11-13-15-17-19-21-22-23-24-27-30-34-37-43-49-55-61-76(81)89-67-74(95-79(84)64-58-52-45-39-35-31-28-25-26-29-32-36-41-47-53-59-71(3)4)69-93-97(85,86)91-65-73(80)66-92-98(87,88)94-70-75(68-90-77(82)62-56-50-46-40-42-48-54-60-72(5)6)96-78(83)63-57-51-44-38-33-20-18-16-14-12-10-8-2/h71-75,80H,7-70H2,1-6H3,(H,85,86)(H,87,88)/t73-,74-,75-/m1/s1. The van der Waals surface area contributed by atoms with Crippen LogP contribution in [0.1, 0.15) is 414 Å². The summed E-state index contributed by atoms with van der Waals surface area (Å²) in [7, 11) is -9.91. The molecule has 0 heterocycles. The minimum atomic E-state index is -4.96. The lowest BCUT2D eigenvalue weighted by Gasteiger charge is -2.21. The minimum absolute atomic E-state index is 0.107. The van der Waals surface area contributed by atoms with Crippen molar-refractivity contribution in [3.8, 4) is 0 Å². The first-order valence-electron chi connectivity index (χ1n) is 41.0. The molecular formula is C79H154O17P2. The molecule has 0 aromatic rings. The van der Waals surface area contributed by atoms with Crippen LogP contribution in [0.4, 0.5) is 0 Å². The van der Waals surface area contributed by atoms with Gasteiger partial charge in [-0.1, -0.05) is 363 Å². The average Bonchev–Trinajstić information content (AvgIpc) is 1.33. The molecule has 98 heavy (non-hydrogen) atoms. The van der Waals surface area contributed by atoms with Gasteiger partial charge in [-0.25, -0.2) is 9.13 Å². The lowest BCUT2D eigenvalue weighted by Crippen LogP contribution is -2.30. The molecule has 0 radical (unpaired) electrons. The number of hydrogen-bond acceptors (Lipinski definition) is 15. The molecule has 0 spiro atoms. The van der Waals surface area contributed by atoms with Gasteiger partial charge in [0.2, 0.25) is 0 Å². The Labute approximate surface area is 600 Å². The Morgan fingerprint density at radius 3 is 0.694 bits per heavy atom. The van der Waals surface area contributed by atoms with E-state index in [1.165, 1.54) is 225 Å². The monoisotopic (exact) mass is 1440 g/mol. The van der Waals surface area contributed by atoms with Crippen LogP contribution in [0.3, 0.4) is 0 Å². The van der Waals surface area contributed by atoms with Gasteiger partial charge >= 0.3 is 39.5 Å². The summed E-state index contributed by atoms with van der Waals surface area (Å²) in [5.41, 5.74) is 0. The molecule has 3 N–H and O–H groups in total. The van der Waals surface area contributed by atoms with Gasteiger partial charge in [-0.3, -0.25) is 37.3 Å². The van der Waals surface area contributed by atoms with E-state index in [9.17, 15) is 43.2 Å². The molecule has 2 unspecified atom stereocenters. The Morgan fingerprint density at radius 2 is 0.469 bits per heavy atom.